The lowest BCUT2D eigenvalue weighted by Gasteiger charge is -2.30. The van der Waals surface area contributed by atoms with Crippen molar-refractivity contribution in [3.05, 3.63) is 80.8 Å². The molecule has 1 aromatic heterocycles. The Balaban J connectivity index is 1.84. The van der Waals surface area contributed by atoms with E-state index in [0.29, 0.717) is 15.1 Å². The number of halogens is 4. The highest BCUT2D eigenvalue weighted by molar-refractivity contribution is 8.00. The number of benzene rings is 2. The first-order chi connectivity index (χ1) is 12.8. The summed E-state index contributed by atoms with van der Waals surface area (Å²) in [5, 5.41) is 2.42. The Morgan fingerprint density at radius 3 is 2.26 bits per heavy atom. The summed E-state index contributed by atoms with van der Waals surface area (Å²) in [6, 6.07) is 11.4. The van der Waals surface area contributed by atoms with E-state index >= 15 is 0 Å². The SMILES string of the molecule is CC(CCc1ccc(Cl)cc1)(Cn1ccnc1)Sc1c(Cl)cc(Cl)cc1Cl. The number of aryl methyl sites for hydroxylation is 1. The first kappa shape index (κ1) is 20.9. The number of nitrogens with zero attached hydrogens (tertiary/aromatic N) is 2. The molecule has 0 aliphatic rings. The van der Waals surface area contributed by atoms with Gasteiger partial charge in [0.05, 0.1) is 16.4 Å². The van der Waals surface area contributed by atoms with E-state index in [-0.39, 0.29) is 4.75 Å². The molecule has 0 amide bonds. The summed E-state index contributed by atoms with van der Waals surface area (Å²) in [6.07, 6.45) is 7.41. The predicted octanol–water partition coefficient (Wildman–Crippen LogP) is 7.68. The molecule has 2 nitrogen and oxygen atoms in total. The fraction of sp³-hybridized carbons (Fsp3) is 0.250. The van der Waals surface area contributed by atoms with E-state index in [4.69, 9.17) is 46.4 Å². The molecular formula is C20H18Cl4N2S. The van der Waals surface area contributed by atoms with Gasteiger partial charge in [-0.2, -0.15) is 0 Å². The molecule has 0 radical (unpaired) electrons. The second kappa shape index (κ2) is 9.11. The maximum Gasteiger partial charge on any atom is 0.0946 e. The molecule has 2 aromatic carbocycles. The fourth-order valence-electron chi connectivity index (χ4n) is 2.86. The zero-order chi connectivity index (χ0) is 19.4. The zero-order valence-electron chi connectivity index (χ0n) is 14.6. The van der Waals surface area contributed by atoms with Crippen molar-refractivity contribution in [2.75, 3.05) is 0 Å². The van der Waals surface area contributed by atoms with E-state index in [0.717, 1.165) is 29.3 Å². The molecule has 0 fully saturated rings. The monoisotopic (exact) mass is 458 g/mol. The third-order valence-corrected chi connectivity index (χ3v) is 7.00. The van der Waals surface area contributed by atoms with Crippen LogP contribution in [-0.4, -0.2) is 14.3 Å². The van der Waals surface area contributed by atoms with E-state index in [1.807, 2.05) is 24.7 Å². The van der Waals surface area contributed by atoms with Gasteiger partial charge in [0.15, 0.2) is 0 Å². The molecule has 0 spiro atoms. The second-order valence-corrected chi connectivity index (χ2v) is 9.90. The lowest BCUT2D eigenvalue weighted by molar-refractivity contribution is 0.495. The van der Waals surface area contributed by atoms with Gasteiger partial charge in [-0.05, 0) is 49.6 Å². The smallest absolute Gasteiger partial charge is 0.0946 e. The molecule has 0 aliphatic heterocycles. The van der Waals surface area contributed by atoms with Crippen LogP contribution in [0.15, 0.2) is 60.0 Å². The Bertz CT molecular complexity index is 874. The molecule has 0 bridgehead atoms. The Hall–Kier alpha value is -0.840. The first-order valence-electron chi connectivity index (χ1n) is 8.38. The molecule has 142 valence electrons. The van der Waals surface area contributed by atoms with Crippen LogP contribution in [0.3, 0.4) is 0 Å². The molecule has 1 unspecified atom stereocenters. The molecule has 3 rings (SSSR count). The van der Waals surface area contributed by atoms with Crippen molar-refractivity contribution in [3.63, 3.8) is 0 Å². The molecular weight excluding hydrogens is 442 g/mol. The third-order valence-electron chi connectivity index (χ3n) is 4.24. The molecule has 1 atom stereocenters. The van der Waals surface area contributed by atoms with E-state index in [9.17, 15) is 0 Å². The van der Waals surface area contributed by atoms with Gasteiger partial charge in [-0.3, -0.25) is 0 Å². The highest BCUT2D eigenvalue weighted by Gasteiger charge is 2.28. The molecule has 3 aromatic rings. The van der Waals surface area contributed by atoms with Crippen molar-refractivity contribution in [2.45, 2.75) is 36.0 Å². The topological polar surface area (TPSA) is 17.8 Å². The van der Waals surface area contributed by atoms with Crippen LogP contribution in [0.25, 0.3) is 0 Å². The lowest BCUT2D eigenvalue weighted by Crippen LogP contribution is -2.27. The van der Waals surface area contributed by atoms with E-state index in [1.165, 1.54) is 5.56 Å². The molecule has 0 saturated carbocycles. The predicted molar refractivity (Wildman–Crippen MR) is 118 cm³/mol. The number of rotatable bonds is 7. The minimum atomic E-state index is -0.151. The standard InChI is InChI=1S/C20H18Cl4N2S/c1-20(12-26-9-8-25-13-26,7-6-14-2-4-15(21)5-3-14)27-19-17(23)10-16(22)11-18(19)24/h2-5,8-11,13H,6-7,12H2,1H3. The zero-order valence-corrected chi connectivity index (χ0v) is 18.5. The van der Waals surface area contributed by atoms with Gasteiger partial charge in [-0.25, -0.2) is 4.98 Å². The first-order valence-corrected chi connectivity index (χ1v) is 10.7. The summed E-state index contributed by atoms with van der Waals surface area (Å²) in [4.78, 5) is 5.01. The summed E-state index contributed by atoms with van der Waals surface area (Å²) in [6.45, 7) is 3.00. The molecule has 0 saturated heterocycles. The summed E-state index contributed by atoms with van der Waals surface area (Å²) in [5.41, 5.74) is 1.24. The number of thioether (sulfide) groups is 1. The molecule has 27 heavy (non-hydrogen) atoms. The summed E-state index contributed by atoms with van der Waals surface area (Å²) < 4.78 is 1.92. The largest absolute Gasteiger partial charge is 0.336 e. The van der Waals surface area contributed by atoms with Crippen LogP contribution in [0.2, 0.25) is 20.1 Å². The highest BCUT2D eigenvalue weighted by Crippen LogP contribution is 2.45. The van der Waals surface area contributed by atoms with Crippen LogP contribution >= 0.6 is 58.2 Å². The van der Waals surface area contributed by atoms with Crippen molar-refractivity contribution in [3.8, 4) is 0 Å². The number of aromatic nitrogens is 2. The van der Waals surface area contributed by atoms with Crippen molar-refractivity contribution in [2.24, 2.45) is 0 Å². The summed E-state index contributed by atoms with van der Waals surface area (Å²) in [7, 11) is 0. The Kier molecular flexibility index (Phi) is 7.04. The maximum absolute atomic E-state index is 6.43. The van der Waals surface area contributed by atoms with Crippen LogP contribution in [0, 0.1) is 0 Å². The number of imidazole rings is 1. The quantitative estimate of drug-likeness (QED) is 0.337. The minimum absolute atomic E-state index is 0.151. The molecule has 1 heterocycles. The van der Waals surface area contributed by atoms with Crippen LogP contribution in [0.5, 0.6) is 0 Å². The third kappa shape index (κ3) is 5.82. The molecule has 0 aliphatic carbocycles. The highest BCUT2D eigenvalue weighted by atomic mass is 35.5. The normalized spacial score (nSPS) is 13.5. The summed E-state index contributed by atoms with van der Waals surface area (Å²) in [5.74, 6) is 0. The minimum Gasteiger partial charge on any atom is -0.336 e. The van der Waals surface area contributed by atoms with Gasteiger partial charge >= 0.3 is 0 Å². The van der Waals surface area contributed by atoms with E-state index in [2.05, 4.69) is 28.6 Å². The lowest BCUT2D eigenvalue weighted by atomic mass is 10.00. The number of hydrogen-bond donors (Lipinski definition) is 0. The molecule has 0 N–H and O–H groups in total. The fourth-order valence-corrected chi connectivity index (χ4v) is 5.26. The molecule has 7 heteroatoms. The second-order valence-electron chi connectivity index (χ2n) is 6.61. The summed E-state index contributed by atoms with van der Waals surface area (Å²) >= 11 is 26.6. The van der Waals surface area contributed by atoms with Crippen LogP contribution in [-0.2, 0) is 13.0 Å². The van der Waals surface area contributed by atoms with Gasteiger partial charge in [-0.1, -0.05) is 58.5 Å². The van der Waals surface area contributed by atoms with Crippen LogP contribution in [0.1, 0.15) is 18.9 Å². The Labute approximate surface area is 183 Å². The van der Waals surface area contributed by atoms with Gasteiger partial charge in [0, 0.05) is 38.6 Å². The van der Waals surface area contributed by atoms with Gasteiger partial charge in [0.2, 0.25) is 0 Å². The average Bonchev–Trinajstić information content (AvgIpc) is 3.10. The van der Waals surface area contributed by atoms with Crippen molar-refractivity contribution in [1.29, 1.82) is 0 Å². The Morgan fingerprint density at radius 1 is 1.00 bits per heavy atom. The van der Waals surface area contributed by atoms with Crippen LogP contribution < -0.4 is 0 Å². The van der Waals surface area contributed by atoms with Crippen LogP contribution in [0.4, 0.5) is 0 Å². The van der Waals surface area contributed by atoms with Gasteiger partial charge in [0.25, 0.3) is 0 Å². The maximum atomic E-state index is 6.43. The Morgan fingerprint density at radius 2 is 1.67 bits per heavy atom. The van der Waals surface area contributed by atoms with Gasteiger partial charge in [-0.15, -0.1) is 11.8 Å². The van der Waals surface area contributed by atoms with Gasteiger partial charge in [0.1, 0.15) is 0 Å². The number of hydrogen-bond acceptors (Lipinski definition) is 2. The average molecular weight is 460 g/mol. The van der Waals surface area contributed by atoms with E-state index < -0.39 is 0 Å². The van der Waals surface area contributed by atoms with Gasteiger partial charge < -0.3 is 4.57 Å². The van der Waals surface area contributed by atoms with Crippen molar-refractivity contribution >= 4 is 58.2 Å². The van der Waals surface area contributed by atoms with Crippen molar-refractivity contribution in [1.82, 2.24) is 9.55 Å². The van der Waals surface area contributed by atoms with Crippen molar-refractivity contribution < 1.29 is 0 Å². The van der Waals surface area contributed by atoms with E-state index in [1.54, 1.807) is 30.1 Å².